The Hall–Kier alpha value is -1.51. The van der Waals surface area contributed by atoms with E-state index in [1.54, 1.807) is 12.1 Å². The normalized spacial score (nSPS) is 18.8. The third kappa shape index (κ3) is 3.14. The van der Waals surface area contributed by atoms with Crippen LogP contribution in [0.4, 0.5) is 5.69 Å². The minimum Gasteiger partial charge on any atom is -0.507 e. The van der Waals surface area contributed by atoms with Crippen molar-refractivity contribution in [3.05, 3.63) is 23.8 Å². The molecule has 1 aromatic rings. The van der Waals surface area contributed by atoms with Crippen molar-refractivity contribution in [3.63, 3.8) is 0 Å². The van der Waals surface area contributed by atoms with Crippen LogP contribution < -0.4 is 4.90 Å². The van der Waals surface area contributed by atoms with Gasteiger partial charge in [0.25, 0.3) is 0 Å². The van der Waals surface area contributed by atoms with Gasteiger partial charge in [-0.25, -0.2) is 0 Å². The lowest BCUT2D eigenvalue weighted by Crippen LogP contribution is -2.37. The van der Waals surface area contributed by atoms with Gasteiger partial charge in [-0.2, -0.15) is 0 Å². The molecule has 110 valence electrons. The van der Waals surface area contributed by atoms with Crippen LogP contribution >= 0.6 is 0 Å². The smallest absolute Gasteiger partial charge is 0.163 e. The van der Waals surface area contributed by atoms with Crippen LogP contribution in [-0.2, 0) is 0 Å². The third-order valence-corrected chi connectivity index (χ3v) is 4.62. The SMILES string of the molecule is CC(=O)c1ccc(N(C)C2CCC(C)(C)CC2)cc1O. The van der Waals surface area contributed by atoms with Crippen LogP contribution in [0.1, 0.15) is 56.8 Å². The van der Waals surface area contributed by atoms with E-state index in [4.69, 9.17) is 0 Å². The number of carbonyl (C=O) groups is 1. The van der Waals surface area contributed by atoms with Crippen LogP contribution in [0.3, 0.4) is 0 Å². The highest BCUT2D eigenvalue weighted by Gasteiger charge is 2.29. The van der Waals surface area contributed by atoms with E-state index in [2.05, 4.69) is 25.8 Å². The van der Waals surface area contributed by atoms with E-state index in [0.717, 1.165) is 5.69 Å². The van der Waals surface area contributed by atoms with E-state index in [1.807, 2.05) is 6.07 Å². The number of carbonyl (C=O) groups excluding carboxylic acids is 1. The average Bonchev–Trinajstić information content (AvgIpc) is 2.37. The van der Waals surface area contributed by atoms with E-state index in [1.165, 1.54) is 32.6 Å². The molecule has 0 aromatic heterocycles. The van der Waals surface area contributed by atoms with Crippen molar-refractivity contribution >= 4 is 11.5 Å². The summed E-state index contributed by atoms with van der Waals surface area (Å²) in [5, 5.41) is 9.94. The number of phenols is 1. The average molecular weight is 275 g/mol. The number of hydrogen-bond donors (Lipinski definition) is 1. The van der Waals surface area contributed by atoms with Gasteiger partial charge in [-0.15, -0.1) is 0 Å². The van der Waals surface area contributed by atoms with Crippen LogP contribution in [0.5, 0.6) is 5.75 Å². The molecule has 3 heteroatoms. The highest BCUT2D eigenvalue weighted by atomic mass is 16.3. The zero-order valence-corrected chi connectivity index (χ0v) is 12.9. The summed E-state index contributed by atoms with van der Waals surface area (Å²) in [6.07, 6.45) is 4.83. The largest absolute Gasteiger partial charge is 0.507 e. The molecule has 0 radical (unpaired) electrons. The fraction of sp³-hybridized carbons (Fsp3) is 0.588. The molecule has 0 amide bonds. The Bertz CT molecular complexity index is 498. The van der Waals surface area contributed by atoms with Crippen molar-refractivity contribution in [2.24, 2.45) is 5.41 Å². The molecule has 0 heterocycles. The maximum absolute atomic E-state index is 11.3. The van der Waals surface area contributed by atoms with E-state index in [-0.39, 0.29) is 11.5 Å². The molecule has 1 aliphatic rings. The van der Waals surface area contributed by atoms with Crippen LogP contribution in [0.2, 0.25) is 0 Å². The highest BCUT2D eigenvalue weighted by molar-refractivity contribution is 5.97. The van der Waals surface area contributed by atoms with Gasteiger partial charge in [0.15, 0.2) is 5.78 Å². The zero-order valence-electron chi connectivity index (χ0n) is 12.9. The number of rotatable bonds is 3. The first kappa shape index (κ1) is 14.9. The number of anilines is 1. The van der Waals surface area contributed by atoms with E-state index < -0.39 is 0 Å². The maximum atomic E-state index is 11.3. The first-order valence-electron chi connectivity index (χ1n) is 7.37. The Labute approximate surface area is 121 Å². The molecule has 0 unspecified atom stereocenters. The monoisotopic (exact) mass is 275 g/mol. The van der Waals surface area contributed by atoms with Crippen molar-refractivity contribution in [3.8, 4) is 5.75 Å². The molecular formula is C17H25NO2. The Morgan fingerprint density at radius 1 is 1.30 bits per heavy atom. The van der Waals surface area contributed by atoms with Crippen LogP contribution in [-0.4, -0.2) is 24.0 Å². The summed E-state index contributed by atoms with van der Waals surface area (Å²) in [5.74, 6) is -0.0193. The van der Waals surface area contributed by atoms with Crippen molar-refractivity contribution in [2.45, 2.75) is 52.5 Å². The van der Waals surface area contributed by atoms with Crippen molar-refractivity contribution in [1.82, 2.24) is 0 Å². The lowest BCUT2D eigenvalue weighted by atomic mass is 9.75. The number of ketones is 1. The third-order valence-electron chi connectivity index (χ3n) is 4.62. The second-order valence-corrected chi connectivity index (χ2v) is 6.76. The molecule has 0 spiro atoms. The minimum atomic E-state index is -0.101. The molecule has 0 saturated heterocycles. The predicted octanol–water partition coefficient (Wildman–Crippen LogP) is 4.00. The highest BCUT2D eigenvalue weighted by Crippen LogP contribution is 2.38. The van der Waals surface area contributed by atoms with Crippen LogP contribution in [0.15, 0.2) is 18.2 Å². The van der Waals surface area contributed by atoms with Crippen molar-refractivity contribution in [2.75, 3.05) is 11.9 Å². The zero-order chi connectivity index (χ0) is 14.9. The summed E-state index contributed by atoms with van der Waals surface area (Å²) in [4.78, 5) is 13.6. The number of Topliss-reactive ketones (excluding diaryl/α,β-unsaturated/α-hetero) is 1. The molecule has 1 aliphatic carbocycles. The summed E-state index contributed by atoms with van der Waals surface area (Å²) in [6.45, 7) is 6.13. The summed E-state index contributed by atoms with van der Waals surface area (Å²) in [5.41, 5.74) is 1.84. The fourth-order valence-electron chi connectivity index (χ4n) is 3.02. The van der Waals surface area contributed by atoms with Gasteiger partial charge in [0.1, 0.15) is 5.75 Å². The number of benzene rings is 1. The lowest BCUT2D eigenvalue weighted by molar-refractivity contribution is 0.101. The van der Waals surface area contributed by atoms with E-state index in [0.29, 0.717) is 17.0 Å². The van der Waals surface area contributed by atoms with Gasteiger partial charge >= 0.3 is 0 Å². The van der Waals surface area contributed by atoms with Gasteiger partial charge in [0.05, 0.1) is 5.56 Å². The molecular weight excluding hydrogens is 250 g/mol. The second-order valence-electron chi connectivity index (χ2n) is 6.76. The van der Waals surface area contributed by atoms with E-state index in [9.17, 15) is 9.90 Å². The molecule has 0 atom stereocenters. The predicted molar refractivity (Wildman–Crippen MR) is 82.6 cm³/mol. The van der Waals surface area contributed by atoms with Gasteiger partial charge in [-0.1, -0.05) is 13.8 Å². The summed E-state index contributed by atoms with van der Waals surface area (Å²) < 4.78 is 0. The number of hydrogen-bond acceptors (Lipinski definition) is 3. The van der Waals surface area contributed by atoms with Gasteiger partial charge in [-0.05, 0) is 50.2 Å². The first-order valence-corrected chi connectivity index (χ1v) is 7.37. The quantitative estimate of drug-likeness (QED) is 0.848. The Kier molecular flexibility index (Phi) is 4.07. The second kappa shape index (κ2) is 5.47. The van der Waals surface area contributed by atoms with Gasteiger partial charge in [0, 0.05) is 24.8 Å². The van der Waals surface area contributed by atoms with Gasteiger partial charge in [0.2, 0.25) is 0 Å². The molecule has 1 fully saturated rings. The molecule has 2 rings (SSSR count). The summed E-state index contributed by atoms with van der Waals surface area (Å²) in [6, 6.07) is 5.87. The number of phenolic OH excluding ortho intramolecular Hbond substituents is 1. The van der Waals surface area contributed by atoms with Gasteiger partial charge in [-0.3, -0.25) is 4.79 Å². The molecule has 1 aromatic carbocycles. The lowest BCUT2D eigenvalue weighted by Gasteiger charge is -2.39. The van der Waals surface area contributed by atoms with Crippen molar-refractivity contribution < 1.29 is 9.90 Å². The maximum Gasteiger partial charge on any atom is 0.163 e. The standard InChI is InChI=1S/C17H25NO2/c1-12(19)15-6-5-14(11-16(15)20)18(4)13-7-9-17(2,3)10-8-13/h5-6,11,13,20H,7-10H2,1-4H3. The molecule has 0 bridgehead atoms. The minimum absolute atomic E-state index is 0.0815. The summed E-state index contributed by atoms with van der Waals surface area (Å²) in [7, 11) is 2.07. The van der Waals surface area contributed by atoms with Crippen LogP contribution in [0, 0.1) is 5.41 Å². The molecule has 1 saturated carbocycles. The molecule has 0 aliphatic heterocycles. The molecule has 1 N–H and O–H groups in total. The molecule has 3 nitrogen and oxygen atoms in total. The Morgan fingerprint density at radius 3 is 2.40 bits per heavy atom. The van der Waals surface area contributed by atoms with E-state index >= 15 is 0 Å². The number of aromatic hydroxyl groups is 1. The number of nitrogens with zero attached hydrogens (tertiary/aromatic N) is 1. The van der Waals surface area contributed by atoms with Gasteiger partial charge < -0.3 is 10.0 Å². The summed E-state index contributed by atoms with van der Waals surface area (Å²) >= 11 is 0. The Morgan fingerprint density at radius 2 is 1.90 bits per heavy atom. The Balaban J connectivity index is 2.12. The fourth-order valence-corrected chi connectivity index (χ4v) is 3.02. The molecule has 20 heavy (non-hydrogen) atoms. The first-order chi connectivity index (χ1) is 9.30. The topological polar surface area (TPSA) is 40.5 Å². The van der Waals surface area contributed by atoms with Crippen molar-refractivity contribution in [1.29, 1.82) is 0 Å². The van der Waals surface area contributed by atoms with Crippen LogP contribution in [0.25, 0.3) is 0 Å².